The summed E-state index contributed by atoms with van der Waals surface area (Å²) in [5.41, 5.74) is 1.06. The molecule has 0 amide bonds. The molecule has 4 heteroatoms. The van der Waals surface area contributed by atoms with Gasteiger partial charge in [0.1, 0.15) is 18.3 Å². The Morgan fingerprint density at radius 1 is 1.26 bits per heavy atom. The smallest absolute Gasteiger partial charge is 0.115 e. The SMILES string of the molecule is C#CC[C@H]1O[C@H]2CC=CCO[C@@H]2[C@@H](OCc2ccccc2)[C@@H]1O. The first-order chi connectivity index (χ1) is 11.3. The minimum atomic E-state index is -0.797. The molecule has 122 valence electrons. The highest BCUT2D eigenvalue weighted by Gasteiger charge is 2.46. The van der Waals surface area contributed by atoms with Crippen molar-refractivity contribution in [3.8, 4) is 12.3 Å². The van der Waals surface area contributed by atoms with Crippen LogP contribution in [0, 0.1) is 12.3 Å². The van der Waals surface area contributed by atoms with Gasteiger partial charge in [0.15, 0.2) is 0 Å². The van der Waals surface area contributed by atoms with Gasteiger partial charge in [0.2, 0.25) is 0 Å². The number of hydrogen-bond donors (Lipinski definition) is 1. The Morgan fingerprint density at radius 2 is 2.09 bits per heavy atom. The summed E-state index contributed by atoms with van der Waals surface area (Å²) in [6, 6.07) is 9.89. The molecule has 0 saturated carbocycles. The standard InChI is InChI=1S/C19H22O4/c1-2-8-15-17(20)19(22-13-14-9-4-3-5-10-14)18-16(23-15)11-6-7-12-21-18/h1,3-7,9-10,15-20H,8,11-13H2/t15-,16+,17-,18+,19+/m1/s1. The van der Waals surface area contributed by atoms with Gasteiger partial charge in [-0.1, -0.05) is 42.5 Å². The zero-order valence-electron chi connectivity index (χ0n) is 13.0. The number of aliphatic hydroxyl groups excluding tert-OH is 1. The summed E-state index contributed by atoms with van der Waals surface area (Å²) < 4.78 is 17.8. The fourth-order valence-corrected chi connectivity index (χ4v) is 3.10. The van der Waals surface area contributed by atoms with Gasteiger partial charge in [0.05, 0.1) is 25.4 Å². The Kier molecular flexibility index (Phi) is 5.47. The van der Waals surface area contributed by atoms with E-state index in [0.717, 1.165) is 12.0 Å². The number of hydrogen-bond acceptors (Lipinski definition) is 4. The molecule has 2 aliphatic rings. The molecule has 2 heterocycles. The summed E-state index contributed by atoms with van der Waals surface area (Å²) in [7, 11) is 0. The number of ether oxygens (including phenoxy) is 3. The van der Waals surface area contributed by atoms with Crippen LogP contribution in [0.4, 0.5) is 0 Å². The van der Waals surface area contributed by atoms with Crippen molar-refractivity contribution < 1.29 is 19.3 Å². The van der Waals surface area contributed by atoms with Crippen LogP contribution in [0.1, 0.15) is 18.4 Å². The molecule has 1 saturated heterocycles. The predicted octanol–water partition coefficient (Wildman–Crippen LogP) is 2.07. The van der Waals surface area contributed by atoms with Crippen molar-refractivity contribution in [3.63, 3.8) is 0 Å². The third-order valence-corrected chi connectivity index (χ3v) is 4.28. The van der Waals surface area contributed by atoms with Gasteiger partial charge in [-0.05, 0) is 12.0 Å². The molecule has 0 unspecified atom stereocenters. The molecule has 2 aliphatic heterocycles. The molecule has 0 aliphatic carbocycles. The van der Waals surface area contributed by atoms with Crippen LogP contribution in [0.15, 0.2) is 42.5 Å². The lowest BCUT2D eigenvalue weighted by Gasteiger charge is -2.43. The number of terminal acetylenes is 1. The summed E-state index contributed by atoms with van der Waals surface area (Å²) >= 11 is 0. The molecule has 5 atom stereocenters. The highest BCUT2D eigenvalue weighted by Crippen LogP contribution is 2.31. The van der Waals surface area contributed by atoms with Gasteiger partial charge in [0, 0.05) is 6.42 Å². The summed E-state index contributed by atoms with van der Waals surface area (Å²) in [4.78, 5) is 0. The first-order valence-electron chi connectivity index (χ1n) is 7.98. The van der Waals surface area contributed by atoms with Crippen molar-refractivity contribution >= 4 is 0 Å². The van der Waals surface area contributed by atoms with Crippen LogP contribution >= 0.6 is 0 Å². The molecular formula is C19H22O4. The summed E-state index contributed by atoms with van der Waals surface area (Å²) in [6.45, 7) is 0.924. The minimum absolute atomic E-state index is 0.142. The fourth-order valence-electron chi connectivity index (χ4n) is 3.10. The highest BCUT2D eigenvalue weighted by atomic mass is 16.6. The maximum atomic E-state index is 10.6. The Morgan fingerprint density at radius 3 is 2.87 bits per heavy atom. The van der Waals surface area contributed by atoms with E-state index in [2.05, 4.69) is 5.92 Å². The molecule has 0 radical (unpaired) electrons. The zero-order valence-corrected chi connectivity index (χ0v) is 13.0. The normalized spacial score (nSPS) is 33.5. The number of benzene rings is 1. The van der Waals surface area contributed by atoms with E-state index in [-0.39, 0.29) is 12.2 Å². The van der Waals surface area contributed by atoms with Crippen molar-refractivity contribution in [2.24, 2.45) is 0 Å². The Balaban J connectivity index is 1.74. The summed E-state index contributed by atoms with van der Waals surface area (Å²) in [6.07, 6.45) is 8.42. The van der Waals surface area contributed by atoms with Gasteiger partial charge in [0.25, 0.3) is 0 Å². The van der Waals surface area contributed by atoms with E-state index in [0.29, 0.717) is 19.6 Å². The molecule has 1 aromatic carbocycles. The van der Waals surface area contributed by atoms with E-state index in [1.54, 1.807) is 0 Å². The van der Waals surface area contributed by atoms with Crippen molar-refractivity contribution in [2.75, 3.05) is 6.61 Å². The second-order valence-electron chi connectivity index (χ2n) is 5.88. The molecule has 23 heavy (non-hydrogen) atoms. The highest BCUT2D eigenvalue weighted by molar-refractivity contribution is 5.13. The van der Waals surface area contributed by atoms with Crippen LogP contribution in [0.5, 0.6) is 0 Å². The van der Waals surface area contributed by atoms with Crippen LogP contribution < -0.4 is 0 Å². The molecular weight excluding hydrogens is 292 g/mol. The van der Waals surface area contributed by atoms with Gasteiger partial charge in [-0.3, -0.25) is 0 Å². The van der Waals surface area contributed by atoms with Crippen molar-refractivity contribution in [1.29, 1.82) is 0 Å². The maximum Gasteiger partial charge on any atom is 0.115 e. The van der Waals surface area contributed by atoms with Crippen LogP contribution in [0.3, 0.4) is 0 Å². The van der Waals surface area contributed by atoms with Gasteiger partial charge in [-0.25, -0.2) is 0 Å². The predicted molar refractivity (Wildman–Crippen MR) is 86.6 cm³/mol. The van der Waals surface area contributed by atoms with Crippen LogP contribution in [0.2, 0.25) is 0 Å². The summed E-state index contributed by atoms with van der Waals surface area (Å²) in [5, 5.41) is 10.6. The Hall–Kier alpha value is -1.64. The van der Waals surface area contributed by atoms with Crippen LogP contribution in [0.25, 0.3) is 0 Å². The summed E-state index contributed by atoms with van der Waals surface area (Å²) in [5.74, 6) is 2.57. The van der Waals surface area contributed by atoms with E-state index >= 15 is 0 Å². The first-order valence-corrected chi connectivity index (χ1v) is 7.98. The van der Waals surface area contributed by atoms with Crippen LogP contribution in [-0.2, 0) is 20.8 Å². The molecule has 0 spiro atoms. The number of rotatable bonds is 4. The van der Waals surface area contributed by atoms with Crippen LogP contribution in [-0.4, -0.2) is 42.2 Å². The van der Waals surface area contributed by atoms with Crippen molar-refractivity contribution in [3.05, 3.63) is 48.0 Å². The number of fused-ring (bicyclic) bond motifs is 1. The van der Waals surface area contributed by atoms with Crippen molar-refractivity contribution in [2.45, 2.75) is 50.0 Å². The first kappa shape index (κ1) is 16.2. The average molecular weight is 314 g/mol. The quantitative estimate of drug-likeness (QED) is 0.683. The Bertz CT molecular complexity index is 562. The van der Waals surface area contributed by atoms with Gasteiger partial charge < -0.3 is 19.3 Å². The second kappa shape index (κ2) is 7.76. The molecule has 0 bridgehead atoms. The van der Waals surface area contributed by atoms with Crippen molar-refractivity contribution in [1.82, 2.24) is 0 Å². The van der Waals surface area contributed by atoms with E-state index in [4.69, 9.17) is 20.6 Å². The maximum absolute atomic E-state index is 10.6. The number of aliphatic hydroxyl groups is 1. The lowest BCUT2D eigenvalue weighted by atomic mass is 9.92. The molecule has 1 N–H and O–H groups in total. The lowest BCUT2D eigenvalue weighted by Crippen LogP contribution is -2.58. The zero-order chi connectivity index (χ0) is 16.1. The molecule has 4 nitrogen and oxygen atoms in total. The topological polar surface area (TPSA) is 47.9 Å². The molecule has 1 aromatic rings. The molecule has 3 rings (SSSR count). The molecule has 1 fully saturated rings. The van der Waals surface area contributed by atoms with Gasteiger partial charge in [-0.2, -0.15) is 0 Å². The lowest BCUT2D eigenvalue weighted by molar-refractivity contribution is -0.244. The largest absolute Gasteiger partial charge is 0.388 e. The Labute approximate surface area is 137 Å². The third kappa shape index (κ3) is 3.82. The van der Waals surface area contributed by atoms with E-state index in [1.807, 2.05) is 42.5 Å². The second-order valence-corrected chi connectivity index (χ2v) is 5.88. The van der Waals surface area contributed by atoms with E-state index in [1.165, 1.54) is 0 Å². The average Bonchev–Trinajstić information content (AvgIpc) is 2.81. The van der Waals surface area contributed by atoms with Gasteiger partial charge >= 0.3 is 0 Å². The van der Waals surface area contributed by atoms with E-state index < -0.39 is 18.3 Å². The van der Waals surface area contributed by atoms with E-state index in [9.17, 15) is 5.11 Å². The third-order valence-electron chi connectivity index (χ3n) is 4.28. The monoisotopic (exact) mass is 314 g/mol. The van der Waals surface area contributed by atoms with Gasteiger partial charge in [-0.15, -0.1) is 12.3 Å². The minimum Gasteiger partial charge on any atom is -0.388 e. The fraction of sp³-hybridized carbons (Fsp3) is 0.474. The molecule has 0 aromatic heterocycles.